The second kappa shape index (κ2) is 6.19. The Bertz CT molecular complexity index is 539. The molecule has 1 unspecified atom stereocenters. The van der Waals surface area contributed by atoms with E-state index in [0.717, 1.165) is 44.1 Å². The first-order chi connectivity index (χ1) is 10.5. The molecule has 1 saturated heterocycles. The van der Waals surface area contributed by atoms with Gasteiger partial charge in [0.2, 0.25) is 11.8 Å². The lowest BCUT2D eigenvalue weighted by Gasteiger charge is -2.36. The van der Waals surface area contributed by atoms with Crippen LogP contribution in [0.1, 0.15) is 57.2 Å². The van der Waals surface area contributed by atoms with Crippen LogP contribution in [0.4, 0.5) is 0 Å². The number of aromatic nitrogens is 2. The standard InChI is InChI=1S/C16H24ClN3O2/c1-16(2,10-17)15(21)20-7-3-4-11(9-20)8-13-18-14(19-22-13)12-5-6-12/h11-12H,3-10H2,1-2H3. The van der Waals surface area contributed by atoms with E-state index in [-0.39, 0.29) is 5.91 Å². The highest BCUT2D eigenvalue weighted by molar-refractivity contribution is 6.19. The van der Waals surface area contributed by atoms with Gasteiger partial charge in [0.1, 0.15) is 0 Å². The zero-order chi connectivity index (χ0) is 15.7. The van der Waals surface area contributed by atoms with Crippen molar-refractivity contribution in [2.45, 2.75) is 51.9 Å². The first-order valence-corrected chi connectivity index (χ1v) is 8.71. The number of nitrogens with zero attached hydrogens (tertiary/aromatic N) is 3. The number of alkyl halides is 1. The Labute approximate surface area is 136 Å². The molecule has 5 nitrogen and oxygen atoms in total. The molecule has 2 fully saturated rings. The van der Waals surface area contributed by atoms with E-state index in [4.69, 9.17) is 16.1 Å². The van der Waals surface area contributed by atoms with Gasteiger partial charge in [0.15, 0.2) is 5.82 Å². The van der Waals surface area contributed by atoms with Gasteiger partial charge in [0.05, 0.1) is 5.41 Å². The molecule has 0 bridgehead atoms. The van der Waals surface area contributed by atoms with E-state index in [1.807, 2.05) is 18.7 Å². The van der Waals surface area contributed by atoms with E-state index in [9.17, 15) is 4.79 Å². The Morgan fingerprint density at radius 3 is 2.86 bits per heavy atom. The lowest BCUT2D eigenvalue weighted by molar-refractivity contribution is -0.141. The van der Waals surface area contributed by atoms with Gasteiger partial charge in [0.25, 0.3) is 0 Å². The summed E-state index contributed by atoms with van der Waals surface area (Å²) in [6.45, 7) is 5.41. The van der Waals surface area contributed by atoms with Crippen molar-refractivity contribution in [3.8, 4) is 0 Å². The molecule has 122 valence electrons. The Morgan fingerprint density at radius 1 is 1.41 bits per heavy atom. The molecule has 0 N–H and O–H groups in total. The lowest BCUT2D eigenvalue weighted by Crippen LogP contribution is -2.47. The average Bonchev–Trinajstić information content (AvgIpc) is 3.27. The smallest absolute Gasteiger partial charge is 0.229 e. The molecule has 1 amide bonds. The summed E-state index contributed by atoms with van der Waals surface area (Å²) in [5.74, 6) is 3.00. The summed E-state index contributed by atoms with van der Waals surface area (Å²) in [6, 6.07) is 0. The van der Waals surface area contributed by atoms with Gasteiger partial charge in [-0.1, -0.05) is 5.16 Å². The Hall–Kier alpha value is -1.10. The van der Waals surface area contributed by atoms with Gasteiger partial charge in [-0.05, 0) is 45.4 Å². The van der Waals surface area contributed by atoms with Crippen molar-refractivity contribution in [2.75, 3.05) is 19.0 Å². The van der Waals surface area contributed by atoms with Gasteiger partial charge in [-0.25, -0.2) is 0 Å². The van der Waals surface area contributed by atoms with Crippen molar-refractivity contribution in [1.82, 2.24) is 15.0 Å². The van der Waals surface area contributed by atoms with Gasteiger partial charge >= 0.3 is 0 Å². The van der Waals surface area contributed by atoms with Crippen molar-refractivity contribution in [3.63, 3.8) is 0 Å². The quantitative estimate of drug-likeness (QED) is 0.781. The molecular formula is C16H24ClN3O2. The number of amides is 1. The second-order valence-corrected chi connectivity index (χ2v) is 7.57. The molecular weight excluding hydrogens is 302 g/mol. The van der Waals surface area contributed by atoms with E-state index in [2.05, 4.69) is 10.1 Å². The molecule has 0 aromatic carbocycles. The van der Waals surface area contributed by atoms with Crippen LogP contribution in [-0.4, -0.2) is 39.9 Å². The van der Waals surface area contributed by atoms with E-state index in [1.54, 1.807) is 0 Å². The van der Waals surface area contributed by atoms with Gasteiger partial charge < -0.3 is 9.42 Å². The van der Waals surface area contributed by atoms with E-state index >= 15 is 0 Å². The molecule has 1 atom stereocenters. The molecule has 6 heteroatoms. The van der Waals surface area contributed by atoms with Crippen LogP contribution in [0.2, 0.25) is 0 Å². The number of hydrogen-bond donors (Lipinski definition) is 0. The number of halogens is 1. The first-order valence-electron chi connectivity index (χ1n) is 8.17. The van der Waals surface area contributed by atoms with Crippen molar-refractivity contribution in [3.05, 3.63) is 11.7 Å². The molecule has 22 heavy (non-hydrogen) atoms. The van der Waals surface area contributed by atoms with Crippen LogP contribution < -0.4 is 0 Å². The predicted octanol–water partition coefficient (Wildman–Crippen LogP) is 2.99. The summed E-state index contributed by atoms with van der Waals surface area (Å²) in [6.07, 6.45) is 5.26. The molecule has 0 radical (unpaired) electrons. The van der Waals surface area contributed by atoms with Crippen molar-refractivity contribution in [1.29, 1.82) is 0 Å². The average molecular weight is 326 g/mol. The Balaban J connectivity index is 1.59. The number of carbonyl (C=O) groups is 1. The molecule has 0 spiro atoms. The van der Waals surface area contributed by atoms with Gasteiger partial charge in [-0.2, -0.15) is 4.98 Å². The fourth-order valence-corrected chi connectivity index (χ4v) is 3.12. The number of likely N-dealkylation sites (tertiary alicyclic amines) is 1. The third kappa shape index (κ3) is 3.45. The van der Waals surface area contributed by atoms with Crippen LogP contribution in [0.3, 0.4) is 0 Å². The summed E-state index contributed by atoms with van der Waals surface area (Å²) in [5.41, 5.74) is -0.493. The van der Waals surface area contributed by atoms with Crippen LogP contribution in [0.5, 0.6) is 0 Å². The topological polar surface area (TPSA) is 59.2 Å². The largest absolute Gasteiger partial charge is 0.342 e. The highest BCUT2D eigenvalue weighted by Gasteiger charge is 2.34. The first kappa shape index (κ1) is 15.8. The van der Waals surface area contributed by atoms with Crippen molar-refractivity contribution in [2.24, 2.45) is 11.3 Å². The van der Waals surface area contributed by atoms with Gasteiger partial charge in [0, 0.05) is 31.3 Å². The minimum atomic E-state index is -0.493. The number of hydrogen-bond acceptors (Lipinski definition) is 4. The molecule has 2 heterocycles. The Morgan fingerprint density at radius 2 is 2.18 bits per heavy atom. The SMILES string of the molecule is CC(C)(CCl)C(=O)N1CCCC(Cc2nc(C3CC3)no2)C1. The molecule has 1 saturated carbocycles. The van der Waals surface area contributed by atoms with E-state index in [0.29, 0.717) is 17.7 Å². The zero-order valence-electron chi connectivity index (χ0n) is 13.3. The predicted molar refractivity (Wildman–Crippen MR) is 83.8 cm³/mol. The van der Waals surface area contributed by atoms with Crippen LogP contribution >= 0.6 is 11.6 Å². The van der Waals surface area contributed by atoms with Crippen molar-refractivity contribution < 1.29 is 9.32 Å². The molecule has 1 aromatic rings. The molecule has 2 aliphatic rings. The fourth-order valence-electron chi connectivity index (χ4n) is 3.01. The molecule has 1 aliphatic heterocycles. The summed E-state index contributed by atoms with van der Waals surface area (Å²) in [4.78, 5) is 19.0. The molecule has 3 rings (SSSR count). The normalized spacial score (nSPS) is 22.9. The maximum Gasteiger partial charge on any atom is 0.229 e. The molecule has 1 aliphatic carbocycles. The minimum absolute atomic E-state index is 0.149. The van der Waals surface area contributed by atoms with Gasteiger partial charge in [-0.15, -0.1) is 11.6 Å². The summed E-state index contributed by atoms with van der Waals surface area (Å²) >= 11 is 5.93. The summed E-state index contributed by atoms with van der Waals surface area (Å²) < 4.78 is 5.37. The summed E-state index contributed by atoms with van der Waals surface area (Å²) in [5, 5.41) is 4.07. The monoisotopic (exact) mass is 325 g/mol. The second-order valence-electron chi connectivity index (χ2n) is 7.30. The lowest BCUT2D eigenvalue weighted by atomic mass is 9.90. The number of rotatable bonds is 5. The van der Waals surface area contributed by atoms with Gasteiger partial charge in [-0.3, -0.25) is 4.79 Å². The van der Waals surface area contributed by atoms with Crippen LogP contribution in [0, 0.1) is 11.3 Å². The highest BCUT2D eigenvalue weighted by atomic mass is 35.5. The van der Waals surface area contributed by atoms with Crippen molar-refractivity contribution >= 4 is 17.5 Å². The number of carbonyl (C=O) groups excluding carboxylic acids is 1. The number of piperidine rings is 1. The van der Waals surface area contributed by atoms with E-state index < -0.39 is 5.41 Å². The summed E-state index contributed by atoms with van der Waals surface area (Å²) in [7, 11) is 0. The fraction of sp³-hybridized carbons (Fsp3) is 0.812. The van der Waals surface area contributed by atoms with Crippen LogP contribution in [0.15, 0.2) is 4.52 Å². The maximum absolute atomic E-state index is 12.5. The third-order valence-electron chi connectivity index (χ3n) is 4.61. The maximum atomic E-state index is 12.5. The minimum Gasteiger partial charge on any atom is -0.342 e. The van der Waals surface area contributed by atoms with E-state index in [1.165, 1.54) is 12.8 Å². The molecule has 1 aromatic heterocycles. The van der Waals surface area contributed by atoms with Crippen LogP contribution in [-0.2, 0) is 11.2 Å². The zero-order valence-corrected chi connectivity index (χ0v) is 14.1. The third-order valence-corrected chi connectivity index (χ3v) is 5.28. The Kier molecular flexibility index (Phi) is 4.44. The van der Waals surface area contributed by atoms with Crippen LogP contribution in [0.25, 0.3) is 0 Å². The highest BCUT2D eigenvalue weighted by Crippen LogP contribution is 2.38.